The van der Waals surface area contributed by atoms with Gasteiger partial charge in [0, 0.05) is 11.6 Å². The normalized spacial score (nSPS) is 11.0. The molecule has 0 aliphatic rings. The molecule has 0 atom stereocenters. The number of halogens is 2. The second-order valence-corrected chi connectivity index (χ2v) is 4.24. The fourth-order valence-corrected chi connectivity index (χ4v) is 2.07. The Kier molecular flexibility index (Phi) is 2.79. The van der Waals surface area contributed by atoms with Gasteiger partial charge in [-0.25, -0.2) is 18.3 Å². The van der Waals surface area contributed by atoms with Crippen molar-refractivity contribution in [2.45, 2.75) is 0 Å². The van der Waals surface area contributed by atoms with E-state index in [0.717, 1.165) is 35.1 Å². The smallest absolute Gasteiger partial charge is 0.277 e. The lowest BCUT2D eigenvalue weighted by Crippen LogP contribution is -2.06. The van der Waals surface area contributed by atoms with E-state index in [1.807, 2.05) is 0 Å². The predicted octanol–water partition coefficient (Wildman–Crippen LogP) is 1.80. The molecular weight excluding hydrogens is 282 g/mol. The van der Waals surface area contributed by atoms with Crippen molar-refractivity contribution >= 4 is 11.6 Å². The molecule has 0 bridgehead atoms. The van der Waals surface area contributed by atoms with Gasteiger partial charge in [-0.15, -0.1) is 0 Å². The van der Waals surface area contributed by atoms with E-state index in [1.54, 1.807) is 0 Å². The largest absolute Gasteiger partial charge is 0.507 e. The maximum Gasteiger partial charge on any atom is 0.277 e. The number of hydrogen-bond donors (Lipinski definition) is 1. The zero-order valence-corrected chi connectivity index (χ0v) is 10.3. The molecule has 0 saturated heterocycles. The molecule has 2 N–H and O–H groups in total. The first-order chi connectivity index (χ1) is 9.99. The number of aromatic nitrogens is 3. The Morgan fingerprint density at radius 2 is 2.05 bits per heavy atom. The molecule has 0 saturated carbocycles. The van der Waals surface area contributed by atoms with Crippen LogP contribution in [0.4, 0.5) is 8.78 Å². The van der Waals surface area contributed by atoms with Crippen LogP contribution in [0.1, 0.15) is 10.4 Å². The Morgan fingerprint density at radius 3 is 2.76 bits per heavy atom. The highest BCUT2D eigenvalue weighted by Gasteiger charge is 2.21. The summed E-state index contributed by atoms with van der Waals surface area (Å²) in [5.41, 5.74) is 6.53. The van der Waals surface area contributed by atoms with Gasteiger partial charge < -0.3 is 5.11 Å². The number of pyridine rings is 1. The van der Waals surface area contributed by atoms with Gasteiger partial charge in [0.25, 0.3) is 5.91 Å². The molecule has 0 spiro atoms. The zero-order chi connectivity index (χ0) is 15.1. The molecule has 21 heavy (non-hydrogen) atoms. The maximum absolute atomic E-state index is 13.9. The molecule has 1 aromatic carbocycles. The van der Waals surface area contributed by atoms with Crippen LogP contribution in [-0.2, 0) is 0 Å². The quantitative estimate of drug-likeness (QED) is 0.778. The Morgan fingerprint density at radius 1 is 1.29 bits per heavy atom. The number of hydrogen-bond acceptors (Lipinski definition) is 4. The van der Waals surface area contributed by atoms with Gasteiger partial charge in [0.1, 0.15) is 29.3 Å². The van der Waals surface area contributed by atoms with Crippen LogP contribution in [0.15, 0.2) is 30.6 Å². The summed E-state index contributed by atoms with van der Waals surface area (Å²) in [6.07, 6.45) is 1.09. The molecule has 8 heteroatoms. The minimum Gasteiger partial charge on any atom is -0.507 e. The van der Waals surface area contributed by atoms with E-state index in [-0.39, 0.29) is 22.5 Å². The number of benzene rings is 1. The van der Waals surface area contributed by atoms with Crippen LogP contribution in [0.2, 0.25) is 0 Å². The first kappa shape index (κ1) is 13.0. The van der Waals surface area contributed by atoms with Gasteiger partial charge in [0.15, 0.2) is 5.65 Å². The highest BCUT2D eigenvalue weighted by atomic mass is 19.1. The van der Waals surface area contributed by atoms with Gasteiger partial charge in [-0.1, -0.05) is 0 Å². The monoisotopic (exact) mass is 289 g/mol. The molecular formula is C13H7F2N4O2. The van der Waals surface area contributed by atoms with E-state index >= 15 is 0 Å². The van der Waals surface area contributed by atoms with Crippen LogP contribution in [0.5, 0.6) is 5.75 Å². The lowest BCUT2D eigenvalue weighted by atomic mass is 10.1. The number of carbonyl (C=O) groups is 1. The van der Waals surface area contributed by atoms with Gasteiger partial charge >= 0.3 is 0 Å². The predicted molar refractivity (Wildman–Crippen MR) is 67.4 cm³/mol. The Bertz CT molecular complexity index is 876. The Balaban J connectivity index is 2.40. The number of aromatic hydroxyl groups is 1. The highest BCUT2D eigenvalue weighted by molar-refractivity contribution is 6.01. The third-order valence-corrected chi connectivity index (χ3v) is 2.96. The third-order valence-electron chi connectivity index (χ3n) is 2.96. The summed E-state index contributed by atoms with van der Waals surface area (Å²) in [6.45, 7) is 0. The van der Waals surface area contributed by atoms with Crippen molar-refractivity contribution in [1.29, 1.82) is 0 Å². The number of rotatable bonds is 2. The van der Waals surface area contributed by atoms with E-state index in [2.05, 4.69) is 10.1 Å². The van der Waals surface area contributed by atoms with E-state index in [4.69, 9.17) is 5.73 Å². The second-order valence-electron chi connectivity index (χ2n) is 4.24. The summed E-state index contributed by atoms with van der Waals surface area (Å²) in [6, 6.07) is 3.88. The second kappa shape index (κ2) is 4.51. The van der Waals surface area contributed by atoms with Crippen LogP contribution in [-0.4, -0.2) is 25.6 Å². The van der Waals surface area contributed by atoms with Gasteiger partial charge in [0.2, 0.25) is 0 Å². The van der Waals surface area contributed by atoms with Crippen molar-refractivity contribution in [3.8, 4) is 17.0 Å². The molecule has 0 aliphatic carbocycles. The minimum atomic E-state index is -1.16. The number of carbonyl (C=O) groups excluding carboxylic acids is 1. The summed E-state index contributed by atoms with van der Waals surface area (Å²) in [5.74, 6) is -3.09. The average Bonchev–Trinajstić information content (AvgIpc) is 2.89. The van der Waals surface area contributed by atoms with Crippen LogP contribution in [0, 0.1) is 11.6 Å². The number of nitrogens with one attached hydrogen (secondary N) is 1. The lowest BCUT2D eigenvalue weighted by Gasteiger charge is -2.09. The first-order valence-corrected chi connectivity index (χ1v) is 5.76. The Labute approximate surface area is 116 Å². The fourth-order valence-electron chi connectivity index (χ4n) is 2.07. The molecule has 0 unspecified atom stereocenters. The van der Waals surface area contributed by atoms with Crippen LogP contribution in [0.3, 0.4) is 0 Å². The summed E-state index contributed by atoms with van der Waals surface area (Å²) in [7, 11) is 0. The summed E-state index contributed by atoms with van der Waals surface area (Å²) in [5, 5.41) is 13.7. The molecule has 1 amide bonds. The summed E-state index contributed by atoms with van der Waals surface area (Å²) < 4.78 is 28.2. The molecule has 0 aliphatic heterocycles. The van der Waals surface area contributed by atoms with Gasteiger partial charge in [-0.05, 0) is 18.2 Å². The molecule has 2 heterocycles. The third kappa shape index (κ3) is 1.97. The van der Waals surface area contributed by atoms with Crippen molar-refractivity contribution in [2.24, 2.45) is 0 Å². The SMILES string of the molecule is [NH]C(=O)c1c(O)cc(-c2cc(F)ccc2F)n2ncnc12. The number of nitrogens with zero attached hydrogens (tertiary/aromatic N) is 3. The standard InChI is InChI=1S/C13H7F2N4O2/c14-6-1-2-8(15)7(3-6)9-4-10(20)11(12(16)21)13-17-5-18-19(9)13/h1-5,16,20H. The van der Waals surface area contributed by atoms with Crippen LogP contribution < -0.4 is 5.73 Å². The molecule has 2 aromatic heterocycles. The van der Waals surface area contributed by atoms with Crippen molar-refractivity contribution in [1.82, 2.24) is 20.3 Å². The van der Waals surface area contributed by atoms with E-state index in [1.165, 1.54) is 0 Å². The summed E-state index contributed by atoms with van der Waals surface area (Å²) in [4.78, 5) is 15.0. The fraction of sp³-hybridized carbons (Fsp3) is 0. The maximum atomic E-state index is 13.9. The number of fused-ring (bicyclic) bond motifs is 1. The van der Waals surface area contributed by atoms with Gasteiger partial charge in [0.05, 0.1) is 5.69 Å². The average molecular weight is 289 g/mol. The van der Waals surface area contributed by atoms with Crippen molar-refractivity contribution in [3.63, 3.8) is 0 Å². The minimum absolute atomic E-state index is 0.0157. The lowest BCUT2D eigenvalue weighted by molar-refractivity contribution is 0.0990. The van der Waals surface area contributed by atoms with Crippen molar-refractivity contribution in [2.75, 3.05) is 0 Å². The summed E-state index contributed by atoms with van der Waals surface area (Å²) >= 11 is 0. The van der Waals surface area contributed by atoms with Gasteiger partial charge in [-0.3, -0.25) is 10.5 Å². The number of amides is 1. The molecule has 3 rings (SSSR count). The molecule has 1 radical (unpaired) electrons. The molecule has 3 aromatic rings. The van der Waals surface area contributed by atoms with E-state index < -0.39 is 23.3 Å². The van der Waals surface area contributed by atoms with E-state index in [0.29, 0.717) is 0 Å². The molecule has 105 valence electrons. The van der Waals surface area contributed by atoms with Crippen LogP contribution >= 0.6 is 0 Å². The first-order valence-electron chi connectivity index (χ1n) is 5.76. The molecule has 6 nitrogen and oxygen atoms in total. The van der Waals surface area contributed by atoms with Crippen molar-refractivity contribution < 1.29 is 18.7 Å². The van der Waals surface area contributed by atoms with Crippen molar-refractivity contribution in [3.05, 3.63) is 47.8 Å². The van der Waals surface area contributed by atoms with E-state index in [9.17, 15) is 18.7 Å². The topological polar surface area (TPSA) is 91.3 Å². The van der Waals surface area contributed by atoms with Gasteiger partial charge in [-0.2, -0.15) is 5.10 Å². The zero-order valence-electron chi connectivity index (χ0n) is 10.3. The van der Waals surface area contributed by atoms with Crippen LogP contribution in [0.25, 0.3) is 16.9 Å². The molecule has 0 fully saturated rings. The highest BCUT2D eigenvalue weighted by Crippen LogP contribution is 2.30. The Hall–Kier alpha value is -3.03.